The first kappa shape index (κ1) is 33.8. The summed E-state index contributed by atoms with van der Waals surface area (Å²) >= 11 is 0. The van der Waals surface area contributed by atoms with E-state index >= 15 is 0 Å². The van der Waals surface area contributed by atoms with Crippen LogP contribution in [0.4, 0.5) is 0 Å². The minimum Gasteiger partial charge on any atom is -0.497 e. The highest BCUT2D eigenvalue weighted by Crippen LogP contribution is 2.22. The number of nitrogens with one attached hydrogen (secondary N) is 1. The monoisotopic (exact) mass is 609 g/mol. The predicted octanol–water partition coefficient (Wildman–Crippen LogP) is 4.23. The number of hydrogen-bond donors (Lipinski definition) is 2. The Kier molecular flexibility index (Phi) is 12.3. The number of carbonyl (C=O) groups excluding carboxylic acids is 2. The lowest BCUT2D eigenvalue weighted by Crippen LogP contribution is -2.51. The van der Waals surface area contributed by atoms with Crippen molar-refractivity contribution in [3.05, 3.63) is 95.6 Å². The molecule has 2 N–H and O–H groups in total. The first-order chi connectivity index (χ1) is 20.5. The number of benzene rings is 3. The van der Waals surface area contributed by atoms with Crippen molar-refractivity contribution in [3.63, 3.8) is 0 Å². The molecule has 0 aliphatic carbocycles. The molecule has 3 aromatic carbocycles. The Morgan fingerprint density at radius 2 is 1.58 bits per heavy atom. The van der Waals surface area contributed by atoms with E-state index < -0.39 is 28.1 Å². The number of nitrogens with zero attached hydrogens (tertiary/aromatic N) is 2. The molecule has 232 valence electrons. The summed E-state index contributed by atoms with van der Waals surface area (Å²) in [4.78, 5) is 28.0. The lowest BCUT2D eigenvalue weighted by Gasteiger charge is -2.31. The van der Waals surface area contributed by atoms with Crippen LogP contribution in [-0.2, 0) is 16.4 Å². The molecule has 0 spiro atoms. The number of rotatable bonds is 15. The summed E-state index contributed by atoms with van der Waals surface area (Å²) in [5.41, 5.74) is 1.52. The Morgan fingerprint density at radius 1 is 0.930 bits per heavy atom. The van der Waals surface area contributed by atoms with Crippen molar-refractivity contribution in [1.82, 2.24) is 14.5 Å². The van der Waals surface area contributed by atoms with Crippen LogP contribution >= 0.6 is 0 Å². The van der Waals surface area contributed by atoms with Gasteiger partial charge in [-0.2, -0.15) is 4.31 Å². The molecular weight excluding hydrogens is 566 g/mol. The molecule has 0 aliphatic heterocycles. The van der Waals surface area contributed by atoms with Crippen LogP contribution in [0.3, 0.4) is 0 Å². The zero-order valence-corrected chi connectivity index (χ0v) is 26.4. The molecule has 0 heterocycles. The molecule has 10 heteroatoms. The van der Waals surface area contributed by atoms with Crippen LogP contribution in [0.1, 0.15) is 53.5 Å². The van der Waals surface area contributed by atoms with Crippen LogP contribution in [0.25, 0.3) is 0 Å². The van der Waals surface area contributed by atoms with Crippen LogP contribution in [0.5, 0.6) is 5.75 Å². The van der Waals surface area contributed by atoms with E-state index in [-0.39, 0.29) is 41.8 Å². The molecule has 0 saturated heterocycles. The van der Waals surface area contributed by atoms with Gasteiger partial charge in [0.1, 0.15) is 5.75 Å². The second-order valence-corrected chi connectivity index (χ2v) is 13.0. The molecule has 0 unspecified atom stereocenters. The Bertz CT molecular complexity index is 1440. The summed E-state index contributed by atoms with van der Waals surface area (Å²) in [6, 6.07) is 21.1. The molecule has 2 atom stereocenters. The third-order valence-corrected chi connectivity index (χ3v) is 8.86. The van der Waals surface area contributed by atoms with E-state index in [0.29, 0.717) is 17.9 Å². The van der Waals surface area contributed by atoms with Gasteiger partial charge in [0, 0.05) is 37.8 Å². The van der Waals surface area contributed by atoms with E-state index in [2.05, 4.69) is 5.32 Å². The fraction of sp³-hybridized carbons (Fsp3) is 0.394. The first-order valence-corrected chi connectivity index (χ1v) is 15.9. The summed E-state index contributed by atoms with van der Waals surface area (Å²) in [7, 11) is -0.747. The highest BCUT2D eigenvalue weighted by Gasteiger charge is 2.31. The minimum atomic E-state index is -3.97. The maximum Gasteiger partial charge on any atom is 0.253 e. The Labute approximate surface area is 255 Å². The van der Waals surface area contributed by atoms with Crippen molar-refractivity contribution in [2.45, 2.75) is 50.7 Å². The normalized spacial score (nSPS) is 13.0. The minimum absolute atomic E-state index is 0.0199. The summed E-state index contributed by atoms with van der Waals surface area (Å²) in [6.07, 6.45) is -0.163. The molecule has 2 amide bonds. The van der Waals surface area contributed by atoms with Gasteiger partial charge in [0.05, 0.1) is 24.2 Å². The average Bonchev–Trinajstić information content (AvgIpc) is 3.00. The van der Waals surface area contributed by atoms with E-state index in [1.54, 1.807) is 42.3 Å². The fourth-order valence-corrected chi connectivity index (χ4v) is 6.39. The number of amides is 2. The Morgan fingerprint density at radius 3 is 2.19 bits per heavy atom. The maximum absolute atomic E-state index is 13.7. The second kappa shape index (κ2) is 15.7. The average molecular weight is 610 g/mol. The first-order valence-electron chi connectivity index (χ1n) is 14.5. The molecule has 3 rings (SSSR count). The number of sulfonamides is 1. The molecule has 9 nitrogen and oxygen atoms in total. The van der Waals surface area contributed by atoms with E-state index in [9.17, 15) is 23.1 Å². The number of ether oxygens (including phenoxy) is 1. The zero-order chi connectivity index (χ0) is 31.6. The maximum atomic E-state index is 13.7. The van der Waals surface area contributed by atoms with Crippen molar-refractivity contribution in [3.8, 4) is 5.75 Å². The molecule has 3 aromatic rings. The van der Waals surface area contributed by atoms with Crippen LogP contribution < -0.4 is 10.1 Å². The van der Waals surface area contributed by atoms with Gasteiger partial charge >= 0.3 is 0 Å². The molecule has 0 fully saturated rings. The molecule has 0 aromatic heterocycles. The Balaban J connectivity index is 1.89. The molecular formula is C33H43N3O6S. The van der Waals surface area contributed by atoms with Crippen molar-refractivity contribution in [2.24, 2.45) is 5.92 Å². The largest absolute Gasteiger partial charge is 0.497 e. The van der Waals surface area contributed by atoms with Crippen molar-refractivity contribution in [1.29, 1.82) is 0 Å². The summed E-state index contributed by atoms with van der Waals surface area (Å²) < 4.78 is 33.8. The van der Waals surface area contributed by atoms with Crippen molar-refractivity contribution in [2.75, 3.05) is 33.8 Å². The van der Waals surface area contributed by atoms with E-state index in [0.717, 1.165) is 12.0 Å². The van der Waals surface area contributed by atoms with E-state index in [1.165, 1.54) is 29.6 Å². The zero-order valence-electron chi connectivity index (χ0n) is 25.6. The molecule has 0 radical (unpaired) electrons. The second-order valence-electron chi connectivity index (χ2n) is 11.0. The SMILES string of the molecule is CCCN(C)C(=O)c1cccc(C(=O)N[C@@H](Cc2ccccc2)[C@H](O)CN(CC(C)C)S(=O)(=O)c2ccc(OC)cc2)c1. The lowest BCUT2D eigenvalue weighted by molar-refractivity contribution is 0.0775. The molecule has 0 saturated carbocycles. The lowest BCUT2D eigenvalue weighted by atomic mass is 10.00. The van der Waals surface area contributed by atoms with Gasteiger partial charge in [-0.05, 0) is 66.8 Å². The van der Waals surface area contributed by atoms with Crippen LogP contribution in [0, 0.1) is 5.92 Å². The van der Waals surface area contributed by atoms with E-state index in [4.69, 9.17) is 4.74 Å². The summed E-state index contributed by atoms with van der Waals surface area (Å²) in [5, 5.41) is 14.4. The highest BCUT2D eigenvalue weighted by molar-refractivity contribution is 7.89. The number of hydrogen-bond acceptors (Lipinski definition) is 6. The van der Waals surface area contributed by atoms with Gasteiger partial charge in [0.25, 0.3) is 11.8 Å². The van der Waals surface area contributed by atoms with E-state index in [1.807, 2.05) is 51.1 Å². The number of carbonyl (C=O) groups is 2. The quantitative estimate of drug-likeness (QED) is 0.267. The van der Waals surface area contributed by atoms with Gasteiger partial charge in [0.15, 0.2) is 0 Å². The standard InChI is InChI=1S/C33H43N3O6S/c1-6-19-35(4)33(39)27-14-10-13-26(21-27)32(38)34-30(20-25-11-8-7-9-12-25)31(37)23-36(22-24(2)3)43(40,41)29-17-15-28(42-5)16-18-29/h7-18,21,24,30-31,37H,6,19-20,22-23H2,1-5H3,(H,34,38)/t30-,31+/m0/s1. The van der Waals surface area contributed by atoms with Crippen molar-refractivity contribution >= 4 is 21.8 Å². The summed E-state index contributed by atoms with van der Waals surface area (Å²) in [6.45, 7) is 6.32. The van der Waals surface area contributed by atoms with Crippen molar-refractivity contribution < 1.29 is 27.9 Å². The van der Waals surface area contributed by atoms with Gasteiger partial charge in [-0.25, -0.2) is 8.42 Å². The topological polar surface area (TPSA) is 116 Å². The molecule has 0 aliphatic rings. The van der Waals surface area contributed by atoms with Gasteiger partial charge < -0.3 is 20.1 Å². The van der Waals surface area contributed by atoms with Gasteiger partial charge in [-0.1, -0.05) is 57.2 Å². The summed E-state index contributed by atoms with van der Waals surface area (Å²) in [5.74, 6) is -0.150. The van der Waals surface area contributed by atoms with Crippen LogP contribution in [0.15, 0.2) is 83.8 Å². The van der Waals surface area contributed by atoms with Crippen LogP contribution in [0.2, 0.25) is 0 Å². The van der Waals surface area contributed by atoms with Gasteiger partial charge in [0.2, 0.25) is 10.0 Å². The highest BCUT2D eigenvalue weighted by atomic mass is 32.2. The number of aliphatic hydroxyl groups excluding tert-OH is 1. The molecule has 43 heavy (non-hydrogen) atoms. The van der Waals surface area contributed by atoms with Crippen LogP contribution in [-0.4, -0.2) is 80.5 Å². The number of aliphatic hydroxyl groups is 1. The smallest absolute Gasteiger partial charge is 0.253 e. The fourth-order valence-electron chi connectivity index (χ4n) is 4.76. The Hall–Kier alpha value is -3.73. The third kappa shape index (κ3) is 9.38. The van der Waals surface area contributed by atoms with Gasteiger partial charge in [-0.3, -0.25) is 9.59 Å². The predicted molar refractivity (Wildman–Crippen MR) is 168 cm³/mol. The molecule has 0 bridgehead atoms. The van der Waals surface area contributed by atoms with Gasteiger partial charge in [-0.15, -0.1) is 0 Å². The number of methoxy groups -OCH3 is 1. The third-order valence-electron chi connectivity index (χ3n) is 7.01.